The summed E-state index contributed by atoms with van der Waals surface area (Å²) in [6, 6.07) is 8.51. The molecule has 0 spiro atoms. The van der Waals surface area contributed by atoms with Crippen molar-refractivity contribution in [1.29, 1.82) is 0 Å². The van der Waals surface area contributed by atoms with Crippen LogP contribution in [0.15, 0.2) is 33.6 Å². The van der Waals surface area contributed by atoms with E-state index in [9.17, 15) is 0 Å². The first-order valence-electron chi connectivity index (χ1n) is 5.92. The molecule has 0 aliphatic rings. The largest absolute Gasteiger partial charge is 0.317 e. The third-order valence-corrected chi connectivity index (χ3v) is 3.81. The lowest BCUT2D eigenvalue weighted by Gasteiger charge is -2.03. The number of rotatable bonds is 8. The Morgan fingerprint density at radius 3 is 2.88 bits per heavy atom. The summed E-state index contributed by atoms with van der Waals surface area (Å²) in [5, 5.41) is 3.43. The van der Waals surface area contributed by atoms with E-state index in [4.69, 9.17) is 0 Å². The van der Waals surface area contributed by atoms with Gasteiger partial charge in [-0.3, -0.25) is 0 Å². The Hall–Kier alpha value is 0.01000. The molecule has 0 atom stereocenters. The minimum atomic E-state index is 1.15. The Morgan fingerprint density at radius 2 is 2.12 bits per heavy atom. The number of hydrogen-bond acceptors (Lipinski definition) is 2. The molecule has 0 fully saturated rings. The van der Waals surface area contributed by atoms with Crippen molar-refractivity contribution >= 4 is 27.7 Å². The van der Waals surface area contributed by atoms with Crippen molar-refractivity contribution in [2.24, 2.45) is 0 Å². The van der Waals surface area contributed by atoms with Gasteiger partial charge in [0.05, 0.1) is 0 Å². The quantitative estimate of drug-likeness (QED) is 0.567. The van der Waals surface area contributed by atoms with Crippen molar-refractivity contribution in [3.05, 3.63) is 28.7 Å². The minimum Gasteiger partial charge on any atom is -0.317 e. The minimum absolute atomic E-state index is 1.15. The summed E-state index contributed by atoms with van der Waals surface area (Å²) < 4.78 is 1.17. The van der Waals surface area contributed by atoms with Crippen LogP contribution in [0.25, 0.3) is 0 Å². The van der Waals surface area contributed by atoms with E-state index in [1.165, 1.54) is 34.4 Å². The highest BCUT2D eigenvalue weighted by molar-refractivity contribution is 9.10. The van der Waals surface area contributed by atoms with Crippen molar-refractivity contribution in [1.82, 2.24) is 5.32 Å². The zero-order valence-corrected chi connectivity index (χ0v) is 12.2. The Kier molecular flexibility index (Phi) is 7.99. The van der Waals surface area contributed by atoms with Crippen LogP contribution in [0.1, 0.15) is 26.2 Å². The third kappa shape index (κ3) is 6.56. The highest BCUT2D eigenvalue weighted by atomic mass is 79.9. The summed E-state index contributed by atoms with van der Waals surface area (Å²) in [4.78, 5) is 1.36. The van der Waals surface area contributed by atoms with Crippen LogP contribution in [0.2, 0.25) is 0 Å². The standard InChI is InChI=1S/C13H20BrNS/c1-2-8-15-9-3-4-10-16-13-7-5-6-12(14)11-13/h5-7,11,15H,2-4,8-10H2,1H3. The molecular weight excluding hydrogens is 282 g/mol. The lowest BCUT2D eigenvalue weighted by Crippen LogP contribution is -2.15. The maximum atomic E-state index is 3.49. The van der Waals surface area contributed by atoms with Gasteiger partial charge in [-0.25, -0.2) is 0 Å². The lowest BCUT2D eigenvalue weighted by atomic mass is 10.3. The Morgan fingerprint density at radius 1 is 1.25 bits per heavy atom. The van der Waals surface area contributed by atoms with Crippen molar-refractivity contribution in [3.8, 4) is 0 Å². The van der Waals surface area contributed by atoms with E-state index >= 15 is 0 Å². The summed E-state index contributed by atoms with van der Waals surface area (Å²) in [5.74, 6) is 1.21. The SMILES string of the molecule is CCCNCCCCSc1cccc(Br)c1. The molecule has 0 heterocycles. The zero-order chi connectivity index (χ0) is 11.6. The van der Waals surface area contributed by atoms with Crippen LogP contribution in [0.5, 0.6) is 0 Å². The summed E-state index contributed by atoms with van der Waals surface area (Å²) in [7, 11) is 0. The second kappa shape index (κ2) is 9.08. The van der Waals surface area contributed by atoms with Gasteiger partial charge >= 0.3 is 0 Å². The van der Waals surface area contributed by atoms with Crippen LogP contribution in [0.3, 0.4) is 0 Å². The van der Waals surface area contributed by atoms with E-state index in [2.05, 4.69) is 52.4 Å². The predicted octanol–water partition coefficient (Wildman–Crippen LogP) is 4.32. The fourth-order valence-electron chi connectivity index (χ4n) is 1.40. The number of hydrogen-bond donors (Lipinski definition) is 1. The molecule has 0 aromatic heterocycles. The molecule has 0 radical (unpaired) electrons. The number of thioether (sulfide) groups is 1. The van der Waals surface area contributed by atoms with Gasteiger partial charge in [-0.1, -0.05) is 28.9 Å². The highest BCUT2D eigenvalue weighted by Crippen LogP contribution is 2.22. The molecule has 0 bridgehead atoms. The normalized spacial score (nSPS) is 10.6. The third-order valence-electron chi connectivity index (χ3n) is 2.24. The van der Waals surface area contributed by atoms with Crippen molar-refractivity contribution < 1.29 is 0 Å². The molecule has 0 saturated carbocycles. The van der Waals surface area contributed by atoms with E-state index in [1.807, 2.05) is 11.8 Å². The maximum absolute atomic E-state index is 3.49. The summed E-state index contributed by atoms with van der Waals surface area (Å²) in [6.45, 7) is 4.52. The molecule has 1 nitrogen and oxygen atoms in total. The van der Waals surface area contributed by atoms with Crippen molar-refractivity contribution in [2.75, 3.05) is 18.8 Å². The van der Waals surface area contributed by atoms with Gasteiger partial charge in [0.25, 0.3) is 0 Å². The van der Waals surface area contributed by atoms with Gasteiger partial charge in [-0.15, -0.1) is 11.8 Å². The number of benzene rings is 1. The average molecular weight is 302 g/mol. The first-order valence-corrected chi connectivity index (χ1v) is 7.70. The van der Waals surface area contributed by atoms with Gasteiger partial charge in [0, 0.05) is 9.37 Å². The molecule has 0 aliphatic carbocycles. The van der Waals surface area contributed by atoms with E-state index < -0.39 is 0 Å². The molecule has 1 aromatic carbocycles. The van der Waals surface area contributed by atoms with Crippen LogP contribution < -0.4 is 5.32 Å². The number of halogens is 1. The molecule has 90 valence electrons. The van der Waals surface area contributed by atoms with Crippen LogP contribution in [0.4, 0.5) is 0 Å². The summed E-state index contributed by atoms with van der Waals surface area (Å²) in [5.41, 5.74) is 0. The van der Waals surface area contributed by atoms with Gasteiger partial charge in [0.2, 0.25) is 0 Å². The highest BCUT2D eigenvalue weighted by Gasteiger charge is 1.95. The maximum Gasteiger partial charge on any atom is 0.0186 e. The molecule has 16 heavy (non-hydrogen) atoms. The fraction of sp³-hybridized carbons (Fsp3) is 0.538. The van der Waals surface area contributed by atoms with Gasteiger partial charge in [-0.05, 0) is 56.3 Å². The van der Waals surface area contributed by atoms with Crippen molar-refractivity contribution in [3.63, 3.8) is 0 Å². The second-order valence-electron chi connectivity index (χ2n) is 3.76. The molecule has 1 aromatic rings. The first kappa shape index (κ1) is 14.1. The second-order valence-corrected chi connectivity index (χ2v) is 5.85. The van der Waals surface area contributed by atoms with Crippen LogP contribution in [-0.4, -0.2) is 18.8 Å². The van der Waals surface area contributed by atoms with Crippen LogP contribution in [0, 0.1) is 0 Å². The Bertz CT molecular complexity index is 291. The van der Waals surface area contributed by atoms with Gasteiger partial charge in [-0.2, -0.15) is 0 Å². The van der Waals surface area contributed by atoms with Gasteiger partial charge in [0.1, 0.15) is 0 Å². The van der Waals surface area contributed by atoms with Gasteiger partial charge < -0.3 is 5.32 Å². The van der Waals surface area contributed by atoms with E-state index in [-0.39, 0.29) is 0 Å². The molecule has 1 N–H and O–H groups in total. The Balaban J connectivity index is 2.03. The van der Waals surface area contributed by atoms with E-state index in [0.29, 0.717) is 0 Å². The van der Waals surface area contributed by atoms with Crippen LogP contribution in [-0.2, 0) is 0 Å². The van der Waals surface area contributed by atoms with Gasteiger partial charge in [0.15, 0.2) is 0 Å². The summed E-state index contributed by atoms with van der Waals surface area (Å²) >= 11 is 5.43. The average Bonchev–Trinajstić information content (AvgIpc) is 2.28. The molecular formula is C13H20BrNS. The molecule has 0 unspecified atom stereocenters. The fourth-order valence-corrected chi connectivity index (χ4v) is 2.92. The number of unbranched alkanes of at least 4 members (excludes halogenated alkanes) is 1. The molecule has 1 rings (SSSR count). The molecule has 3 heteroatoms. The summed E-state index contributed by atoms with van der Waals surface area (Å²) in [6.07, 6.45) is 3.79. The lowest BCUT2D eigenvalue weighted by molar-refractivity contribution is 0.635. The first-order chi connectivity index (χ1) is 7.83. The van der Waals surface area contributed by atoms with E-state index in [1.54, 1.807) is 0 Å². The molecule has 0 aliphatic heterocycles. The number of nitrogens with one attached hydrogen (secondary N) is 1. The topological polar surface area (TPSA) is 12.0 Å². The van der Waals surface area contributed by atoms with Crippen LogP contribution >= 0.6 is 27.7 Å². The Labute approximate surface area is 112 Å². The van der Waals surface area contributed by atoms with Crippen molar-refractivity contribution in [2.45, 2.75) is 31.1 Å². The monoisotopic (exact) mass is 301 g/mol. The molecule has 0 amide bonds. The molecule has 0 saturated heterocycles. The van der Waals surface area contributed by atoms with E-state index in [0.717, 1.165) is 13.1 Å². The zero-order valence-electron chi connectivity index (χ0n) is 9.84. The smallest absolute Gasteiger partial charge is 0.0186 e. The predicted molar refractivity (Wildman–Crippen MR) is 77.3 cm³/mol.